The third-order valence-corrected chi connectivity index (χ3v) is 3.19. The molecule has 2 radical (unpaired) electrons. The van der Waals surface area contributed by atoms with Gasteiger partial charge in [0.1, 0.15) is 0 Å². The monoisotopic (exact) mass is 203 g/mol. The van der Waals surface area contributed by atoms with E-state index < -0.39 is 0 Å². The zero-order valence-electron chi connectivity index (χ0n) is 10.8. The number of allylic oxidation sites excluding steroid dienone is 2. The minimum absolute atomic E-state index is 0.00444. The molecule has 15 heavy (non-hydrogen) atoms. The molecule has 0 aromatic heterocycles. The van der Waals surface area contributed by atoms with E-state index >= 15 is 0 Å². The molecule has 0 saturated heterocycles. The molecule has 0 N–H and O–H groups in total. The van der Waals surface area contributed by atoms with E-state index in [2.05, 4.69) is 58.6 Å². The molecule has 1 unspecified atom stereocenters. The normalized spacial score (nSPS) is 24.9. The SMILES string of the molecule is [B]C1C=CC(=C(C)C)N(C(C)C)C1(C)C. The lowest BCUT2D eigenvalue weighted by Crippen LogP contribution is -2.51. The van der Waals surface area contributed by atoms with Gasteiger partial charge in [-0.05, 0) is 53.4 Å². The molecule has 0 spiro atoms. The predicted octanol–water partition coefficient (Wildman–Crippen LogP) is 3.30. The van der Waals surface area contributed by atoms with E-state index in [0.29, 0.717) is 6.04 Å². The zero-order valence-corrected chi connectivity index (χ0v) is 10.8. The van der Waals surface area contributed by atoms with Gasteiger partial charge < -0.3 is 4.90 Å². The Bertz CT molecular complexity index is 296. The van der Waals surface area contributed by atoms with Crippen molar-refractivity contribution in [3.8, 4) is 0 Å². The average molecular weight is 203 g/mol. The van der Waals surface area contributed by atoms with Crippen LogP contribution in [0.25, 0.3) is 0 Å². The van der Waals surface area contributed by atoms with Gasteiger partial charge in [0.2, 0.25) is 0 Å². The molecule has 1 atom stereocenters. The van der Waals surface area contributed by atoms with E-state index in [1.165, 1.54) is 11.3 Å². The Balaban J connectivity index is 3.24. The van der Waals surface area contributed by atoms with Gasteiger partial charge in [0.25, 0.3) is 0 Å². The van der Waals surface area contributed by atoms with Crippen LogP contribution in [0.2, 0.25) is 5.82 Å². The second kappa shape index (κ2) is 4.07. The largest absolute Gasteiger partial charge is 0.364 e. The van der Waals surface area contributed by atoms with Gasteiger partial charge in [-0.1, -0.05) is 11.6 Å². The number of hydrogen-bond acceptors (Lipinski definition) is 1. The molecule has 0 amide bonds. The van der Waals surface area contributed by atoms with Crippen molar-refractivity contribution >= 4 is 7.85 Å². The molecule has 1 aliphatic rings. The minimum Gasteiger partial charge on any atom is -0.364 e. The Morgan fingerprint density at radius 1 is 1.40 bits per heavy atom. The third-order valence-electron chi connectivity index (χ3n) is 3.19. The standard InChI is InChI=1S/C13H22BN/c1-9(2)11-7-8-12(14)13(5,6)15(11)10(3)4/h7-8,10,12H,1-6H3. The van der Waals surface area contributed by atoms with Crippen molar-refractivity contribution < 1.29 is 0 Å². The van der Waals surface area contributed by atoms with Gasteiger partial charge >= 0.3 is 0 Å². The molecule has 0 aliphatic carbocycles. The highest BCUT2D eigenvalue weighted by atomic mass is 15.2. The van der Waals surface area contributed by atoms with Crippen molar-refractivity contribution in [2.24, 2.45) is 0 Å². The maximum Gasteiger partial charge on any atom is 0.0787 e. The molecule has 0 aromatic carbocycles. The lowest BCUT2D eigenvalue weighted by molar-refractivity contribution is 0.128. The topological polar surface area (TPSA) is 3.24 Å². The molecule has 0 aromatic rings. The molecule has 2 heteroatoms. The summed E-state index contributed by atoms with van der Waals surface area (Å²) in [7, 11) is 6.15. The van der Waals surface area contributed by atoms with Crippen molar-refractivity contribution in [3.05, 3.63) is 23.4 Å². The summed E-state index contributed by atoms with van der Waals surface area (Å²) >= 11 is 0. The average Bonchev–Trinajstić information content (AvgIpc) is 2.07. The van der Waals surface area contributed by atoms with Crippen LogP contribution in [0, 0.1) is 0 Å². The van der Waals surface area contributed by atoms with E-state index in [0.717, 1.165) is 0 Å². The highest BCUT2D eigenvalue weighted by Crippen LogP contribution is 2.38. The maximum absolute atomic E-state index is 6.15. The fourth-order valence-electron chi connectivity index (χ4n) is 2.33. The quantitative estimate of drug-likeness (QED) is 0.591. The van der Waals surface area contributed by atoms with E-state index in [1.54, 1.807) is 0 Å². The maximum atomic E-state index is 6.15. The minimum atomic E-state index is -0.00444. The van der Waals surface area contributed by atoms with Crippen LogP contribution < -0.4 is 0 Å². The fourth-order valence-corrected chi connectivity index (χ4v) is 2.33. The first-order chi connectivity index (χ1) is 6.78. The Hall–Kier alpha value is -0.655. The van der Waals surface area contributed by atoms with Crippen molar-refractivity contribution in [1.29, 1.82) is 0 Å². The molecule has 0 fully saturated rings. The van der Waals surface area contributed by atoms with Gasteiger partial charge in [0.05, 0.1) is 7.85 Å². The summed E-state index contributed by atoms with van der Waals surface area (Å²) in [5.74, 6) is 0.1000. The van der Waals surface area contributed by atoms with Crippen molar-refractivity contribution in [2.45, 2.75) is 58.9 Å². The predicted molar refractivity (Wildman–Crippen MR) is 68.1 cm³/mol. The zero-order chi connectivity index (χ0) is 11.8. The second-order valence-corrected chi connectivity index (χ2v) is 5.39. The Labute approximate surface area is 95.6 Å². The van der Waals surface area contributed by atoms with Crippen molar-refractivity contribution in [3.63, 3.8) is 0 Å². The highest BCUT2D eigenvalue weighted by molar-refractivity contribution is 6.14. The summed E-state index contributed by atoms with van der Waals surface area (Å²) in [6.07, 6.45) is 4.27. The number of rotatable bonds is 1. The lowest BCUT2D eigenvalue weighted by Gasteiger charge is -2.50. The summed E-state index contributed by atoms with van der Waals surface area (Å²) in [5.41, 5.74) is 2.66. The smallest absolute Gasteiger partial charge is 0.0787 e. The molecule has 1 nitrogen and oxygen atoms in total. The van der Waals surface area contributed by atoms with Crippen LogP contribution in [0.4, 0.5) is 0 Å². The van der Waals surface area contributed by atoms with E-state index in [4.69, 9.17) is 7.85 Å². The van der Waals surface area contributed by atoms with Crippen molar-refractivity contribution in [2.75, 3.05) is 0 Å². The van der Waals surface area contributed by atoms with Gasteiger partial charge in [-0.2, -0.15) is 0 Å². The van der Waals surface area contributed by atoms with Crippen LogP contribution in [0.15, 0.2) is 23.4 Å². The van der Waals surface area contributed by atoms with Gasteiger partial charge in [0, 0.05) is 17.3 Å². The van der Waals surface area contributed by atoms with Gasteiger partial charge in [-0.3, -0.25) is 0 Å². The second-order valence-electron chi connectivity index (χ2n) is 5.39. The van der Waals surface area contributed by atoms with Crippen LogP contribution >= 0.6 is 0 Å². The van der Waals surface area contributed by atoms with Crippen LogP contribution in [0.5, 0.6) is 0 Å². The molecular weight excluding hydrogens is 181 g/mol. The summed E-state index contributed by atoms with van der Waals surface area (Å²) < 4.78 is 0. The summed E-state index contributed by atoms with van der Waals surface area (Å²) in [4.78, 5) is 2.42. The van der Waals surface area contributed by atoms with E-state index in [-0.39, 0.29) is 11.4 Å². The molecular formula is C13H22BN. The summed E-state index contributed by atoms with van der Waals surface area (Å²) in [5, 5.41) is 0. The molecule has 1 aliphatic heterocycles. The van der Waals surface area contributed by atoms with Crippen LogP contribution in [-0.2, 0) is 0 Å². The Kier molecular flexibility index (Phi) is 3.37. The van der Waals surface area contributed by atoms with Gasteiger partial charge in [0.15, 0.2) is 0 Å². The molecule has 0 saturated carbocycles. The third kappa shape index (κ3) is 2.14. The lowest BCUT2D eigenvalue weighted by atomic mass is 9.69. The van der Waals surface area contributed by atoms with Crippen molar-refractivity contribution in [1.82, 2.24) is 4.90 Å². The number of nitrogens with zero attached hydrogens (tertiary/aromatic N) is 1. The Morgan fingerprint density at radius 3 is 2.33 bits per heavy atom. The fraction of sp³-hybridized carbons (Fsp3) is 0.692. The molecule has 1 rings (SSSR count). The molecule has 82 valence electrons. The Morgan fingerprint density at radius 2 is 1.93 bits per heavy atom. The van der Waals surface area contributed by atoms with Gasteiger partial charge in [-0.25, -0.2) is 0 Å². The highest BCUT2D eigenvalue weighted by Gasteiger charge is 2.36. The van der Waals surface area contributed by atoms with Crippen LogP contribution in [0.3, 0.4) is 0 Å². The van der Waals surface area contributed by atoms with E-state index in [9.17, 15) is 0 Å². The first kappa shape index (κ1) is 12.4. The van der Waals surface area contributed by atoms with E-state index in [1.807, 2.05) is 0 Å². The molecule has 1 heterocycles. The van der Waals surface area contributed by atoms with Gasteiger partial charge in [-0.15, -0.1) is 0 Å². The summed E-state index contributed by atoms with van der Waals surface area (Å²) in [6.45, 7) is 13.2. The summed E-state index contributed by atoms with van der Waals surface area (Å²) in [6, 6.07) is 0.473. The van der Waals surface area contributed by atoms with Crippen LogP contribution in [-0.4, -0.2) is 24.3 Å². The first-order valence-electron chi connectivity index (χ1n) is 5.69. The molecule has 0 bridgehead atoms. The first-order valence-corrected chi connectivity index (χ1v) is 5.69. The number of hydrogen-bond donors (Lipinski definition) is 0. The van der Waals surface area contributed by atoms with Crippen LogP contribution in [0.1, 0.15) is 41.5 Å².